The molecule has 0 aromatic heterocycles. The van der Waals surface area contributed by atoms with Crippen LogP contribution in [0.25, 0.3) is 10.8 Å². The first-order valence-corrected chi connectivity index (χ1v) is 15.2. The second-order valence-electron chi connectivity index (χ2n) is 11.1. The average Bonchev–Trinajstić information content (AvgIpc) is 3.32. The van der Waals surface area contributed by atoms with Crippen molar-refractivity contribution >= 4 is 79.2 Å². The van der Waals surface area contributed by atoms with E-state index in [1.807, 2.05) is 24.3 Å². The van der Waals surface area contributed by atoms with Crippen LogP contribution < -0.4 is 4.90 Å². The summed E-state index contributed by atoms with van der Waals surface area (Å²) in [4.78, 5) is 53.7. The number of anilines is 1. The molecule has 3 aromatic rings. The first-order chi connectivity index (χ1) is 19.6. The van der Waals surface area contributed by atoms with Crippen molar-refractivity contribution in [2.45, 2.75) is 28.5 Å². The van der Waals surface area contributed by atoms with Gasteiger partial charge in [-0.05, 0) is 36.3 Å². The van der Waals surface area contributed by atoms with Gasteiger partial charge in [0.2, 0.25) is 11.8 Å². The maximum atomic E-state index is 14.0. The molecule has 4 amide bonds. The van der Waals surface area contributed by atoms with E-state index in [9.17, 15) is 24.3 Å². The lowest BCUT2D eigenvalue weighted by Gasteiger charge is -2.50. The number of fused-ring (bicyclic) bond motifs is 5. The maximum absolute atomic E-state index is 14.0. The van der Waals surface area contributed by atoms with Crippen molar-refractivity contribution in [2.75, 3.05) is 10.4 Å². The summed E-state index contributed by atoms with van der Waals surface area (Å²) < 4.78 is 0. The van der Waals surface area contributed by atoms with Crippen LogP contribution in [0.5, 0.6) is 5.75 Å². The number of aromatic hydroxyl groups is 1. The number of allylic oxidation sites excluding steroid dienone is 2. The smallest absolute Gasteiger partial charge is 0.254 e. The fraction of sp³-hybridized carbons (Fsp3) is 0.290. The molecular weight excluding hydrogens is 631 g/mol. The topological polar surface area (TPSA) is 95.0 Å². The molecule has 208 valence electrons. The standard InChI is InChI=1S/C31H23BrCl2N2O5/c32-15-35-28(40)30(33)14-22-19(12-13-20-23(22)27(39)36(26(20)38)17-7-2-1-3-8-17)24(31(30,34)29(35)41)21-11-10-16-6-4-5-9-18(16)25(21)37/h1-12,20,22-24,37H,13-15H2. The number of hydrogen-bond acceptors (Lipinski definition) is 5. The minimum Gasteiger partial charge on any atom is -0.507 e. The number of para-hydroxylation sites is 1. The van der Waals surface area contributed by atoms with E-state index in [0.717, 1.165) is 10.3 Å². The van der Waals surface area contributed by atoms with Crippen LogP contribution in [-0.4, -0.2) is 48.8 Å². The van der Waals surface area contributed by atoms with Crippen LogP contribution in [-0.2, 0) is 19.2 Å². The normalized spacial score (nSPS) is 32.7. The van der Waals surface area contributed by atoms with E-state index in [-0.39, 0.29) is 35.9 Å². The largest absolute Gasteiger partial charge is 0.507 e. The third-order valence-electron chi connectivity index (χ3n) is 9.27. The fourth-order valence-corrected chi connectivity index (χ4v) is 8.85. The third-order valence-corrected chi connectivity index (χ3v) is 11.2. The van der Waals surface area contributed by atoms with Gasteiger partial charge in [-0.3, -0.25) is 29.0 Å². The number of phenolic OH excluding ortho intramolecular Hbond substituents is 1. The fourth-order valence-electron chi connectivity index (χ4n) is 7.44. The van der Waals surface area contributed by atoms with E-state index in [0.29, 0.717) is 22.2 Å². The molecule has 6 atom stereocenters. The zero-order valence-corrected chi connectivity index (χ0v) is 24.6. The molecule has 7 nitrogen and oxygen atoms in total. The van der Waals surface area contributed by atoms with Gasteiger partial charge >= 0.3 is 0 Å². The highest BCUT2D eigenvalue weighted by molar-refractivity contribution is 9.09. The number of rotatable bonds is 3. The molecule has 1 saturated carbocycles. The number of nitrogens with zero attached hydrogens (tertiary/aromatic N) is 2. The number of hydrogen-bond donors (Lipinski definition) is 1. The van der Waals surface area contributed by atoms with Crippen molar-refractivity contribution in [3.8, 4) is 5.75 Å². The molecule has 3 aromatic carbocycles. The van der Waals surface area contributed by atoms with E-state index < -0.39 is 45.2 Å². The minimum absolute atomic E-state index is 0.0758. The average molecular weight is 654 g/mol. The van der Waals surface area contributed by atoms with Gasteiger partial charge in [0.1, 0.15) is 5.75 Å². The van der Waals surface area contributed by atoms with Gasteiger partial charge in [-0.2, -0.15) is 0 Å². The molecule has 2 aliphatic carbocycles. The molecule has 10 heteroatoms. The number of imide groups is 2. The molecule has 41 heavy (non-hydrogen) atoms. The second kappa shape index (κ2) is 9.15. The number of carbonyl (C=O) groups is 4. The summed E-state index contributed by atoms with van der Waals surface area (Å²) in [6.07, 6.45) is 2.01. The first-order valence-electron chi connectivity index (χ1n) is 13.3. The quantitative estimate of drug-likeness (QED) is 0.175. The Labute approximate surface area is 253 Å². The van der Waals surface area contributed by atoms with Crippen LogP contribution in [0.4, 0.5) is 5.69 Å². The van der Waals surface area contributed by atoms with Gasteiger partial charge in [-0.25, -0.2) is 0 Å². The monoisotopic (exact) mass is 652 g/mol. The lowest BCUT2D eigenvalue weighted by molar-refractivity contribution is -0.138. The molecule has 3 fully saturated rings. The van der Waals surface area contributed by atoms with Gasteiger partial charge in [-0.1, -0.05) is 82.2 Å². The molecule has 6 unspecified atom stereocenters. The van der Waals surface area contributed by atoms with Gasteiger partial charge in [0.15, 0.2) is 9.75 Å². The molecule has 2 heterocycles. The lowest BCUT2D eigenvalue weighted by atomic mass is 9.56. The highest BCUT2D eigenvalue weighted by atomic mass is 79.9. The predicted octanol–water partition coefficient (Wildman–Crippen LogP) is 5.46. The van der Waals surface area contributed by atoms with Crippen molar-refractivity contribution in [2.24, 2.45) is 17.8 Å². The number of likely N-dealkylation sites (tertiary alicyclic amines) is 1. The number of amides is 4. The summed E-state index contributed by atoms with van der Waals surface area (Å²) in [7, 11) is 0. The molecule has 2 aliphatic heterocycles. The van der Waals surface area contributed by atoms with Gasteiger partial charge in [0.25, 0.3) is 11.8 Å². The Hall–Kier alpha value is -3.20. The van der Waals surface area contributed by atoms with Crippen LogP contribution >= 0.6 is 39.1 Å². The number of phenols is 1. The molecular formula is C31H23BrCl2N2O5. The Bertz CT molecular complexity index is 1710. The first kappa shape index (κ1) is 26.7. The second-order valence-corrected chi connectivity index (χ2v) is 12.8. The number of benzene rings is 3. The summed E-state index contributed by atoms with van der Waals surface area (Å²) >= 11 is 17.8. The Kier molecular flexibility index (Phi) is 5.95. The molecule has 0 radical (unpaired) electrons. The van der Waals surface area contributed by atoms with Gasteiger partial charge in [0.05, 0.1) is 23.0 Å². The van der Waals surface area contributed by atoms with E-state index >= 15 is 0 Å². The summed E-state index contributed by atoms with van der Waals surface area (Å²) in [5, 5.41) is 12.9. The van der Waals surface area contributed by atoms with E-state index in [4.69, 9.17) is 23.2 Å². The van der Waals surface area contributed by atoms with Crippen molar-refractivity contribution < 1.29 is 24.3 Å². The van der Waals surface area contributed by atoms with E-state index in [2.05, 4.69) is 15.9 Å². The molecule has 7 rings (SSSR count). The lowest BCUT2D eigenvalue weighted by Crippen LogP contribution is -2.60. The van der Waals surface area contributed by atoms with Gasteiger partial charge in [-0.15, -0.1) is 23.2 Å². The Morgan fingerprint density at radius 2 is 1.59 bits per heavy atom. The van der Waals surface area contributed by atoms with Crippen LogP contribution in [0.1, 0.15) is 24.3 Å². The zero-order valence-electron chi connectivity index (χ0n) is 21.5. The molecule has 2 saturated heterocycles. The highest BCUT2D eigenvalue weighted by Gasteiger charge is 2.76. The van der Waals surface area contributed by atoms with Crippen LogP contribution in [0.3, 0.4) is 0 Å². The van der Waals surface area contributed by atoms with E-state index in [1.54, 1.807) is 48.5 Å². The number of halogens is 3. The van der Waals surface area contributed by atoms with Crippen LogP contribution in [0.2, 0.25) is 0 Å². The number of alkyl halides is 3. The number of carbonyl (C=O) groups excluding carboxylic acids is 4. The summed E-state index contributed by atoms with van der Waals surface area (Å²) in [5.41, 5.74) is 1.34. The van der Waals surface area contributed by atoms with Crippen LogP contribution in [0, 0.1) is 17.8 Å². The van der Waals surface area contributed by atoms with Gasteiger partial charge in [0, 0.05) is 16.9 Å². The summed E-state index contributed by atoms with van der Waals surface area (Å²) in [5.74, 6) is -5.24. The Morgan fingerprint density at radius 3 is 2.32 bits per heavy atom. The molecule has 0 spiro atoms. The highest BCUT2D eigenvalue weighted by Crippen LogP contribution is 2.66. The Morgan fingerprint density at radius 1 is 0.878 bits per heavy atom. The minimum atomic E-state index is -1.97. The van der Waals surface area contributed by atoms with Crippen molar-refractivity contribution in [3.05, 3.63) is 83.9 Å². The third kappa shape index (κ3) is 3.32. The van der Waals surface area contributed by atoms with E-state index in [1.165, 1.54) is 4.90 Å². The van der Waals surface area contributed by atoms with Crippen molar-refractivity contribution in [1.82, 2.24) is 4.90 Å². The SMILES string of the molecule is O=C1C2CC=C3C(CC4(Cl)C(=O)N(CBr)C(=O)C4(Cl)C3c3ccc4ccccc4c3O)C2C(=O)N1c1ccccc1. The zero-order chi connectivity index (χ0) is 28.8. The van der Waals surface area contributed by atoms with Gasteiger partial charge < -0.3 is 5.11 Å². The Balaban J connectivity index is 1.44. The molecule has 4 aliphatic rings. The van der Waals surface area contributed by atoms with Crippen molar-refractivity contribution in [1.29, 1.82) is 0 Å². The maximum Gasteiger partial charge on any atom is 0.254 e. The van der Waals surface area contributed by atoms with Crippen molar-refractivity contribution in [3.63, 3.8) is 0 Å². The van der Waals surface area contributed by atoms with Crippen LogP contribution in [0.15, 0.2) is 78.4 Å². The predicted molar refractivity (Wildman–Crippen MR) is 158 cm³/mol. The summed E-state index contributed by atoms with van der Waals surface area (Å²) in [6.45, 7) is 0. The summed E-state index contributed by atoms with van der Waals surface area (Å²) in [6, 6.07) is 19.5. The molecule has 1 N–H and O–H groups in total. The molecule has 0 bridgehead atoms.